The third-order valence-corrected chi connectivity index (χ3v) is 6.06. The van der Waals surface area contributed by atoms with E-state index < -0.39 is 5.25 Å². The van der Waals surface area contributed by atoms with Gasteiger partial charge in [0.15, 0.2) is 0 Å². The van der Waals surface area contributed by atoms with E-state index in [0.717, 1.165) is 22.9 Å². The van der Waals surface area contributed by atoms with Gasteiger partial charge in [-0.05, 0) is 62.7 Å². The molecule has 1 aliphatic heterocycles. The highest BCUT2D eigenvalue weighted by Gasteiger charge is 2.37. The molecule has 1 aromatic heterocycles. The lowest BCUT2D eigenvalue weighted by Gasteiger charge is -2.32. The summed E-state index contributed by atoms with van der Waals surface area (Å²) >= 11 is 1.39. The molecule has 4 rings (SSSR count). The fourth-order valence-corrected chi connectivity index (χ4v) is 4.49. The molecule has 31 heavy (non-hydrogen) atoms. The third-order valence-electron chi connectivity index (χ3n) is 4.84. The summed E-state index contributed by atoms with van der Waals surface area (Å²) in [5.74, 6) is 2.19. The Kier molecular flexibility index (Phi) is 6.31. The number of hydrogen-bond acceptors (Lipinski definition) is 7. The van der Waals surface area contributed by atoms with Gasteiger partial charge in [0.1, 0.15) is 22.6 Å². The van der Waals surface area contributed by atoms with Crippen molar-refractivity contribution in [3.63, 3.8) is 0 Å². The molecule has 1 aliphatic rings. The first-order chi connectivity index (χ1) is 15.1. The Balaban J connectivity index is 1.58. The average Bonchev–Trinajstić information content (AvgIpc) is 3.15. The van der Waals surface area contributed by atoms with Crippen LogP contribution < -0.4 is 20.2 Å². The van der Waals surface area contributed by atoms with Crippen LogP contribution in [0.2, 0.25) is 0 Å². The molecular formula is C22H25N5O3S. The van der Waals surface area contributed by atoms with Gasteiger partial charge in [-0.2, -0.15) is 0 Å². The average molecular weight is 440 g/mol. The fourth-order valence-electron chi connectivity index (χ4n) is 3.36. The summed E-state index contributed by atoms with van der Waals surface area (Å²) in [4.78, 5) is 13.3. The van der Waals surface area contributed by atoms with E-state index in [1.165, 1.54) is 11.8 Å². The summed E-state index contributed by atoms with van der Waals surface area (Å²) in [6, 6.07) is 14.9. The molecule has 9 heteroatoms. The van der Waals surface area contributed by atoms with Gasteiger partial charge < -0.3 is 20.2 Å². The van der Waals surface area contributed by atoms with Crippen molar-refractivity contribution in [1.82, 2.24) is 14.9 Å². The summed E-state index contributed by atoms with van der Waals surface area (Å²) < 4.78 is 12.8. The monoisotopic (exact) mass is 439 g/mol. The lowest BCUT2D eigenvalue weighted by atomic mass is 10.0. The molecule has 0 saturated carbocycles. The highest BCUT2D eigenvalue weighted by Crippen LogP contribution is 2.38. The number of ether oxygens (including phenoxy) is 2. The molecule has 2 N–H and O–H groups in total. The van der Waals surface area contributed by atoms with Crippen LogP contribution in [0, 0.1) is 6.92 Å². The molecule has 162 valence electrons. The Labute approximate surface area is 185 Å². The summed E-state index contributed by atoms with van der Waals surface area (Å²) in [5, 5.41) is 11.6. The van der Waals surface area contributed by atoms with Gasteiger partial charge in [-0.3, -0.25) is 4.79 Å². The van der Waals surface area contributed by atoms with E-state index in [-0.39, 0.29) is 11.9 Å². The Morgan fingerprint density at radius 3 is 2.26 bits per heavy atom. The van der Waals surface area contributed by atoms with Gasteiger partial charge in [0.2, 0.25) is 11.1 Å². The zero-order chi connectivity index (χ0) is 21.8. The number of rotatable bonds is 7. The second kappa shape index (κ2) is 9.30. The molecule has 3 aromatic rings. The smallest absolute Gasteiger partial charge is 0.240 e. The highest BCUT2D eigenvalue weighted by molar-refractivity contribution is 8.00. The number of anilines is 1. The second-order valence-corrected chi connectivity index (χ2v) is 8.07. The number of nitrogens with one attached hydrogen (secondary N) is 2. The van der Waals surface area contributed by atoms with Crippen molar-refractivity contribution in [3.05, 3.63) is 59.9 Å². The first-order valence-corrected chi connectivity index (χ1v) is 11.1. The van der Waals surface area contributed by atoms with Gasteiger partial charge in [0.25, 0.3) is 0 Å². The van der Waals surface area contributed by atoms with E-state index in [1.807, 2.05) is 74.0 Å². The van der Waals surface area contributed by atoms with Crippen LogP contribution >= 0.6 is 11.8 Å². The van der Waals surface area contributed by atoms with E-state index in [0.29, 0.717) is 24.1 Å². The molecule has 0 aliphatic carbocycles. The molecule has 0 fully saturated rings. The predicted molar refractivity (Wildman–Crippen MR) is 120 cm³/mol. The maximum Gasteiger partial charge on any atom is 0.240 e. The minimum Gasteiger partial charge on any atom is -0.494 e. The zero-order valence-corrected chi connectivity index (χ0v) is 18.5. The number of nitrogens with zero attached hydrogens (tertiary/aromatic N) is 3. The van der Waals surface area contributed by atoms with Crippen molar-refractivity contribution in [2.24, 2.45) is 0 Å². The zero-order valence-electron chi connectivity index (χ0n) is 17.7. The predicted octanol–water partition coefficient (Wildman–Crippen LogP) is 3.78. The summed E-state index contributed by atoms with van der Waals surface area (Å²) in [5.41, 5.74) is 5.09. The van der Waals surface area contributed by atoms with Crippen LogP contribution in [-0.2, 0) is 4.79 Å². The lowest BCUT2D eigenvalue weighted by Crippen LogP contribution is -2.41. The number of benzene rings is 2. The lowest BCUT2D eigenvalue weighted by molar-refractivity contribution is -0.116. The van der Waals surface area contributed by atoms with Crippen molar-refractivity contribution in [3.8, 4) is 11.5 Å². The van der Waals surface area contributed by atoms with Crippen LogP contribution in [0.25, 0.3) is 0 Å². The molecule has 2 aromatic carbocycles. The summed E-state index contributed by atoms with van der Waals surface area (Å²) in [7, 11) is 0. The summed E-state index contributed by atoms with van der Waals surface area (Å²) in [6.45, 7) is 6.96. The van der Waals surface area contributed by atoms with Crippen LogP contribution in [0.5, 0.6) is 11.5 Å². The molecule has 2 atom stereocenters. The highest BCUT2D eigenvalue weighted by atomic mass is 32.2. The van der Waals surface area contributed by atoms with Gasteiger partial charge in [0.05, 0.1) is 19.3 Å². The van der Waals surface area contributed by atoms with Gasteiger partial charge in [-0.15, -0.1) is 10.2 Å². The quantitative estimate of drug-likeness (QED) is 0.579. The molecule has 0 saturated heterocycles. The van der Waals surface area contributed by atoms with Crippen LogP contribution in [0.3, 0.4) is 0 Å². The Morgan fingerprint density at radius 1 is 1.03 bits per heavy atom. The molecule has 8 nitrogen and oxygen atoms in total. The molecule has 1 amide bonds. The maximum absolute atomic E-state index is 13.3. The standard InChI is InChI=1S/C22H25N5O3S/c1-4-29-17-10-6-15(7-11-17)19-20(31-22-25-24-14(3)27(22)26-19)21(28)23-16-8-12-18(13-9-16)30-5-2/h6-13,19-20,26H,4-5H2,1-3H3,(H,23,28)/t19-,20-/m0/s1. The molecule has 0 radical (unpaired) electrons. The molecule has 0 bridgehead atoms. The minimum atomic E-state index is -0.444. The Bertz CT molecular complexity index is 1040. The van der Waals surface area contributed by atoms with Crippen LogP contribution in [0.15, 0.2) is 53.7 Å². The molecule has 0 spiro atoms. The topological polar surface area (TPSA) is 90.3 Å². The number of fused-ring (bicyclic) bond motifs is 1. The molecule has 0 unspecified atom stereocenters. The van der Waals surface area contributed by atoms with Crippen molar-refractivity contribution >= 4 is 23.4 Å². The van der Waals surface area contributed by atoms with Crippen molar-refractivity contribution in [1.29, 1.82) is 0 Å². The van der Waals surface area contributed by atoms with Crippen molar-refractivity contribution in [2.45, 2.75) is 37.2 Å². The third kappa shape index (κ3) is 4.61. The maximum atomic E-state index is 13.3. The number of thioether (sulfide) groups is 1. The van der Waals surface area contributed by atoms with E-state index in [1.54, 1.807) is 0 Å². The first-order valence-electron chi connectivity index (χ1n) is 10.2. The van der Waals surface area contributed by atoms with E-state index in [4.69, 9.17) is 9.47 Å². The number of carbonyl (C=O) groups excluding carboxylic acids is 1. The van der Waals surface area contributed by atoms with Gasteiger partial charge in [-0.25, -0.2) is 4.68 Å². The van der Waals surface area contributed by atoms with Crippen molar-refractivity contribution < 1.29 is 14.3 Å². The summed E-state index contributed by atoms with van der Waals surface area (Å²) in [6.07, 6.45) is 0. The minimum absolute atomic E-state index is 0.118. The first kappa shape index (κ1) is 21.0. The van der Waals surface area contributed by atoms with Gasteiger partial charge in [0, 0.05) is 5.69 Å². The van der Waals surface area contributed by atoms with Crippen LogP contribution in [-0.4, -0.2) is 39.2 Å². The van der Waals surface area contributed by atoms with Crippen molar-refractivity contribution in [2.75, 3.05) is 24.0 Å². The number of aromatic nitrogens is 3. The number of amides is 1. The fraction of sp³-hybridized carbons (Fsp3) is 0.318. The Hall–Kier alpha value is -3.20. The number of hydrogen-bond donors (Lipinski definition) is 2. The van der Waals surface area contributed by atoms with E-state index >= 15 is 0 Å². The van der Waals surface area contributed by atoms with E-state index in [2.05, 4.69) is 20.9 Å². The molecule has 2 heterocycles. The van der Waals surface area contributed by atoms with Crippen LogP contribution in [0.4, 0.5) is 5.69 Å². The Morgan fingerprint density at radius 2 is 1.65 bits per heavy atom. The van der Waals surface area contributed by atoms with Crippen LogP contribution in [0.1, 0.15) is 31.3 Å². The second-order valence-electron chi connectivity index (χ2n) is 6.96. The van der Waals surface area contributed by atoms with Gasteiger partial charge >= 0.3 is 0 Å². The largest absolute Gasteiger partial charge is 0.494 e. The van der Waals surface area contributed by atoms with E-state index in [9.17, 15) is 4.79 Å². The normalized spacial score (nSPS) is 17.4. The molecular weight excluding hydrogens is 414 g/mol. The SMILES string of the molecule is CCOc1ccc(NC(=O)[C@H]2Sc3nnc(C)n3N[C@H]2c2ccc(OCC)cc2)cc1. The van der Waals surface area contributed by atoms with Gasteiger partial charge in [-0.1, -0.05) is 23.9 Å². The number of aryl methyl sites for hydroxylation is 1. The number of carbonyl (C=O) groups is 1.